The Morgan fingerprint density at radius 3 is 2.47 bits per heavy atom. The predicted molar refractivity (Wildman–Crippen MR) is 79.4 cm³/mol. The molecule has 2 aromatic rings. The molecular formula is C14H15BrN2O2. The van der Waals surface area contributed by atoms with Gasteiger partial charge in [0.1, 0.15) is 11.5 Å². The zero-order chi connectivity index (χ0) is 14.2. The molecule has 0 saturated carbocycles. The molecule has 0 saturated heterocycles. The Hall–Kier alpha value is -1.75. The highest BCUT2D eigenvalue weighted by Crippen LogP contribution is 2.26. The Morgan fingerprint density at radius 2 is 1.95 bits per heavy atom. The van der Waals surface area contributed by atoms with E-state index >= 15 is 0 Å². The Bertz CT molecular complexity index is 647. The van der Waals surface area contributed by atoms with E-state index in [-0.39, 0.29) is 5.91 Å². The number of nitrogen functional groups attached to an aromatic ring is 1. The maximum absolute atomic E-state index is 12.3. The molecule has 1 aromatic heterocycles. The van der Waals surface area contributed by atoms with Crippen molar-refractivity contribution in [1.29, 1.82) is 0 Å². The molecule has 0 unspecified atom stereocenters. The van der Waals surface area contributed by atoms with Gasteiger partial charge in [0.2, 0.25) is 0 Å². The van der Waals surface area contributed by atoms with Gasteiger partial charge in [0.05, 0.1) is 16.9 Å². The highest BCUT2D eigenvalue weighted by molar-refractivity contribution is 9.10. The van der Waals surface area contributed by atoms with Gasteiger partial charge in [0.25, 0.3) is 5.91 Å². The van der Waals surface area contributed by atoms with Crippen molar-refractivity contribution in [2.24, 2.45) is 0 Å². The van der Waals surface area contributed by atoms with Crippen LogP contribution in [0.15, 0.2) is 27.1 Å². The van der Waals surface area contributed by atoms with Crippen LogP contribution in [0.3, 0.4) is 0 Å². The molecule has 0 fully saturated rings. The van der Waals surface area contributed by atoms with Gasteiger partial charge in [-0.3, -0.25) is 4.79 Å². The molecule has 0 aliphatic rings. The number of hydrogen-bond acceptors (Lipinski definition) is 3. The molecular weight excluding hydrogens is 308 g/mol. The number of aryl methyl sites for hydroxylation is 2. The first-order valence-corrected chi connectivity index (χ1v) is 6.62. The number of furan rings is 1. The van der Waals surface area contributed by atoms with E-state index in [4.69, 9.17) is 10.2 Å². The van der Waals surface area contributed by atoms with Crippen LogP contribution in [0, 0.1) is 20.8 Å². The lowest BCUT2D eigenvalue weighted by atomic mass is 10.1. The van der Waals surface area contributed by atoms with Crippen LogP contribution >= 0.6 is 15.9 Å². The minimum Gasteiger partial charge on any atom is -0.466 e. The third kappa shape index (κ3) is 2.66. The third-order valence-electron chi connectivity index (χ3n) is 3.05. The average molecular weight is 323 g/mol. The van der Waals surface area contributed by atoms with Crippen molar-refractivity contribution in [1.82, 2.24) is 0 Å². The summed E-state index contributed by atoms with van der Waals surface area (Å²) < 4.78 is 6.32. The summed E-state index contributed by atoms with van der Waals surface area (Å²) >= 11 is 3.33. The molecule has 1 amide bonds. The third-order valence-corrected chi connectivity index (χ3v) is 3.54. The van der Waals surface area contributed by atoms with Gasteiger partial charge in [-0.1, -0.05) is 15.9 Å². The number of hydrogen-bond donors (Lipinski definition) is 2. The molecule has 0 spiro atoms. The summed E-state index contributed by atoms with van der Waals surface area (Å²) in [5.41, 5.74) is 8.38. The summed E-state index contributed by atoms with van der Waals surface area (Å²) in [6.07, 6.45) is 0. The Labute approximate surface area is 120 Å². The number of amides is 1. The van der Waals surface area contributed by atoms with E-state index in [0.29, 0.717) is 22.7 Å². The first-order valence-electron chi connectivity index (χ1n) is 5.83. The summed E-state index contributed by atoms with van der Waals surface area (Å²) in [5, 5.41) is 2.80. The van der Waals surface area contributed by atoms with Gasteiger partial charge in [0, 0.05) is 10.0 Å². The van der Waals surface area contributed by atoms with Crippen LogP contribution in [0.1, 0.15) is 27.4 Å². The van der Waals surface area contributed by atoms with E-state index < -0.39 is 0 Å². The molecule has 100 valence electrons. The first-order chi connectivity index (χ1) is 8.90. The summed E-state index contributed by atoms with van der Waals surface area (Å²) in [7, 11) is 0. The summed E-state index contributed by atoms with van der Waals surface area (Å²) in [5.74, 6) is 1.16. The summed E-state index contributed by atoms with van der Waals surface area (Å²) in [4.78, 5) is 12.3. The van der Waals surface area contributed by atoms with Crippen LogP contribution in [-0.2, 0) is 0 Å². The number of carbonyl (C=O) groups excluding carboxylic acids is 1. The van der Waals surface area contributed by atoms with Gasteiger partial charge in [0.15, 0.2) is 0 Å². The van der Waals surface area contributed by atoms with Crippen LogP contribution in [0.2, 0.25) is 0 Å². The predicted octanol–water partition coefficient (Wildman–Crippen LogP) is 3.80. The second-order valence-corrected chi connectivity index (χ2v) is 5.32. The van der Waals surface area contributed by atoms with Crippen LogP contribution in [0.25, 0.3) is 0 Å². The van der Waals surface area contributed by atoms with E-state index in [1.54, 1.807) is 19.1 Å². The molecule has 0 bridgehead atoms. The molecule has 5 heteroatoms. The second-order valence-electron chi connectivity index (χ2n) is 4.40. The smallest absolute Gasteiger partial charge is 0.259 e. The van der Waals surface area contributed by atoms with Gasteiger partial charge in [-0.05, 0) is 39.0 Å². The molecule has 2 rings (SSSR count). The van der Waals surface area contributed by atoms with Crippen molar-refractivity contribution in [2.45, 2.75) is 20.8 Å². The van der Waals surface area contributed by atoms with E-state index in [2.05, 4.69) is 21.2 Å². The van der Waals surface area contributed by atoms with E-state index in [9.17, 15) is 4.79 Å². The molecule has 0 atom stereocenters. The number of nitrogens with two attached hydrogens (primary N) is 1. The number of benzene rings is 1. The maximum Gasteiger partial charge on any atom is 0.259 e. The maximum atomic E-state index is 12.3. The summed E-state index contributed by atoms with van der Waals surface area (Å²) in [6.45, 7) is 5.48. The Morgan fingerprint density at radius 1 is 1.26 bits per heavy atom. The molecule has 1 aromatic carbocycles. The number of anilines is 2. The lowest BCUT2D eigenvalue weighted by molar-refractivity contribution is 0.102. The Balaban J connectivity index is 2.31. The largest absolute Gasteiger partial charge is 0.466 e. The van der Waals surface area contributed by atoms with Gasteiger partial charge < -0.3 is 15.5 Å². The van der Waals surface area contributed by atoms with Gasteiger partial charge in [-0.25, -0.2) is 0 Å². The van der Waals surface area contributed by atoms with Crippen LogP contribution in [-0.4, -0.2) is 5.91 Å². The summed E-state index contributed by atoms with van der Waals surface area (Å²) in [6, 6.07) is 5.33. The normalized spacial score (nSPS) is 10.5. The Kier molecular flexibility index (Phi) is 3.66. The van der Waals surface area contributed by atoms with Gasteiger partial charge in [-0.15, -0.1) is 0 Å². The molecule has 0 aliphatic heterocycles. The van der Waals surface area contributed by atoms with Crippen LogP contribution < -0.4 is 11.1 Å². The van der Waals surface area contributed by atoms with E-state index in [1.165, 1.54) is 0 Å². The van der Waals surface area contributed by atoms with E-state index in [1.807, 2.05) is 19.9 Å². The van der Waals surface area contributed by atoms with Crippen molar-refractivity contribution < 1.29 is 9.21 Å². The molecule has 3 N–H and O–H groups in total. The van der Waals surface area contributed by atoms with Crippen LogP contribution in [0.5, 0.6) is 0 Å². The zero-order valence-corrected chi connectivity index (χ0v) is 12.6. The first kappa shape index (κ1) is 13.7. The van der Waals surface area contributed by atoms with E-state index in [0.717, 1.165) is 15.8 Å². The fraction of sp³-hybridized carbons (Fsp3) is 0.214. The minimum absolute atomic E-state index is 0.208. The van der Waals surface area contributed by atoms with Gasteiger partial charge >= 0.3 is 0 Å². The molecule has 4 nitrogen and oxygen atoms in total. The van der Waals surface area contributed by atoms with Crippen molar-refractivity contribution in [2.75, 3.05) is 11.1 Å². The molecule has 1 heterocycles. The van der Waals surface area contributed by atoms with Crippen molar-refractivity contribution in [3.8, 4) is 0 Å². The number of halogens is 1. The van der Waals surface area contributed by atoms with Crippen molar-refractivity contribution in [3.05, 3.63) is 45.3 Å². The minimum atomic E-state index is -0.208. The quantitative estimate of drug-likeness (QED) is 0.826. The SMILES string of the molecule is Cc1oc(C)c(C(=O)Nc2ccc(Br)cc2N)c1C. The fourth-order valence-corrected chi connectivity index (χ4v) is 2.34. The lowest BCUT2D eigenvalue weighted by Gasteiger charge is -2.08. The highest BCUT2D eigenvalue weighted by atomic mass is 79.9. The lowest BCUT2D eigenvalue weighted by Crippen LogP contribution is -2.14. The monoisotopic (exact) mass is 322 g/mol. The van der Waals surface area contributed by atoms with Gasteiger partial charge in [-0.2, -0.15) is 0 Å². The topological polar surface area (TPSA) is 68.3 Å². The molecule has 0 aliphatic carbocycles. The van der Waals surface area contributed by atoms with Crippen LogP contribution in [0.4, 0.5) is 11.4 Å². The molecule has 0 radical (unpaired) electrons. The highest BCUT2D eigenvalue weighted by Gasteiger charge is 2.19. The number of nitrogens with one attached hydrogen (secondary N) is 1. The zero-order valence-electron chi connectivity index (χ0n) is 11.0. The number of rotatable bonds is 2. The standard InChI is InChI=1S/C14H15BrN2O2/c1-7-8(2)19-9(3)13(7)14(18)17-12-5-4-10(15)6-11(12)16/h4-6H,16H2,1-3H3,(H,17,18). The van der Waals surface area contributed by atoms with Crippen molar-refractivity contribution in [3.63, 3.8) is 0 Å². The molecule has 19 heavy (non-hydrogen) atoms. The number of carbonyl (C=O) groups is 1. The average Bonchev–Trinajstić information content (AvgIpc) is 2.57. The fourth-order valence-electron chi connectivity index (χ4n) is 1.96. The van der Waals surface area contributed by atoms with Crippen molar-refractivity contribution >= 4 is 33.2 Å². The second kappa shape index (κ2) is 5.09.